The van der Waals surface area contributed by atoms with Gasteiger partial charge >= 0.3 is 0 Å². The van der Waals surface area contributed by atoms with Gasteiger partial charge in [0, 0.05) is 23.8 Å². The van der Waals surface area contributed by atoms with Gasteiger partial charge in [-0.25, -0.2) is 4.98 Å². The van der Waals surface area contributed by atoms with Crippen LogP contribution in [-0.4, -0.2) is 10.1 Å². The summed E-state index contributed by atoms with van der Waals surface area (Å²) in [5, 5.41) is 8.66. The minimum absolute atomic E-state index is 0.206. The molecule has 154 valence electrons. The van der Waals surface area contributed by atoms with E-state index in [1.165, 1.54) is 6.20 Å². The Morgan fingerprint density at radius 3 is 1.97 bits per heavy atom. The highest BCUT2D eigenvalue weighted by Crippen LogP contribution is 2.38. The van der Waals surface area contributed by atoms with Crippen molar-refractivity contribution in [3.05, 3.63) is 106 Å². The second-order valence-corrected chi connectivity index (χ2v) is 7.85. The molecule has 1 aliphatic heterocycles. The Bertz CT molecular complexity index is 974. The van der Waals surface area contributed by atoms with Crippen molar-refractivity contribution in [2.24, 2.45) is 0 Å². The summed E-state index contributed by atoms with van der Waals surface area (Å²) in [6.45, 7) is 0. The Hall–Kier alpha value is -2.37. The van der Waals surface area contributed by atoms with Gasteiger partial charge in [-0.1, -0.05) is 88.9 Å². The maximum atomic E-state index is 6.32. The van der Waals surface area contributed by atoms with Gasteiger partial charge in [-0.3, -0.25) is 0 Å². The number of nitrogens with zero attached hydrogens (tertiary/aromatic N) is 1. The van der Waals surface area contributed by atoms with Crippen LogP contribution in [-0.2, 0) is 0 Å². The van der Waals surface area contributed by atoms with Crippen molar-refractivity contribution in [3.63, 3.8) is 0 Å². The summed E-state index contributed by atoms with van der Waals surface area (Å²) in [6.07, 6.45) is 3.27. The molecular formula is C22H18Cl4N4. The lowest BCUT2D eigenvalue weighted by Crippen LogP contribution is -2.46. The Balaban J connectivity index is 0.000000177. The summed E-state index contributed by atoms with van der Waals surface area (Å²) in [7, 11) is 0. The zero-order chi connectivity index (χ0) is 21.4. The fourth-order valence-corrected chi connectivity index (χ4v) is 3.37. The lowest BCUT2D eigenvalue weighted by atomic mass is 10.2. The van der Waals surface area contributed by atoms with Gasteiger partial charge in [0.15, 0.2) is 0 Å². The van der Waals surface area contributed by atoms with E-state index in [1.807, 2.05) is 78.9 Å². The lowest BCUT2D eigenvalue weighted by molar-refractivity contribution is 0.685. The fourth-order valence-electron chi connectivity index (χ4n) is 2.46. The number of nitrogens with one attached hydrogen (secondary N) is 3. The fraction of sp³-hybridized carbons (Fsp3) is 0.0455. The van der Waals surface area contributed by atoms with E-state index in [-0.39, 0.29) is 10.1 Å². The molecule has 4 rings (SSSR count). The van der Waals surface area contributed by atoms with E-state index in [4.69, 9.17) is 46.4 Å². The highest BCUT2D eigenvalue weighted by atomic mass is 35.5. The number of para-hydroxylation sites is 2. The number of halogens is 4. The smallest absolute Gasteiger partial charge is 0.225 e. The number of rotatable bonds is 4. The van der Waals surface area contributed by atoms with Crippen LogP contribution in [0.1, 0.15) is 0 Å². The zero-order valence-electron chi connectivity index (χ0n) is 15.6. The van der Waals surface area contributed by atoms with E-state index in [1.54, 1.807) is 6.20 Å². The first-order valence-electron chi connectivity index (χ1n) is 8.93. The first-order valence-corrected chi connectivity index (χ1v) is 10.4. The molecule has 3 aromatic rings. The molecule has 0 bridgehead atoms. The van der Waals surface area contributed by atoms with E-state index < -0.39 is 5.12 Å². The molecule has 0 radical (unpaired) electrons. The predicted molar refractivity (Wildman–Crippen MR) is 128 cm³/mol. The molecule has 2 aromatic carbocycles. The molecule has 0 saturated carbocycles. The van der Waals surface area contributed by atoms with Crippen LogP contribution in [0.25, 0.3) is 0 Å². The monoisotopic (exact) mass is 478 g/mol. The van der Waals surface area contributed by atoms with Crippen LogP contribution in [0.3, 0.4) is 0 Å². The SMILES string of the molecule is ClC1=CNC(Cl)(Nc2ccccc2)C(Cl)=C1Cl.c1ccc(Nc2ccccn2)cc1. The molecule has 1 unspecified atom stereocenters. The lowest BCUT2D eigenvalue weighted by Gasteiger charge is -2.32. The minimum Gasteiger partial charge on any atom is -0.350 e. The summed E-state index contributed by atoms with van der Waals surface area (Å²) in [5.41, 5.74) is 1.87. The van der Waals surface area contributed by atoms with Crippen molar-refractivity contribution in [2.75, 3.05) is 10.6 Å². The third-order valence-electron chi connectivity index (χ3n) is 3.90. The van der Waals surface area contributed by atoms with Crippen molar-refractivity contribution in [1.29, 1.82) is 0 Å². The number of allylic oxidation sites excluding steroid dienone is 2. The van der Waals surface area contributed by atoms with Crippen molar-refractivity contribution in [2.45, 2.75) is 5.12 Å². The van der Waals surface area contributed by atoms with E-state index in [2.05, 4.69) is 20.9 Å². The number of alkyl halides is 1. The summed E-state index contributed by atoms with van der Waals surface area (Å²) < 4.78 is 0. The first kappa shape index (κ1) is 22.3. The van der Waals surface area contributed by atoms with E-state index in [0.29, 0.717) is 5.03 Å². The van der Waals surface area contributed by atoms with Crippen molar-refractivity contribution >= 4 is 63.6 Å². The molecule has 0 saturated heterocycles. The molecule has 0 aliphatic carbocycles. The quantitative estimate of drug-likeness (QED) is 0.273. The van der Waals surface area contributed by atoms with Gasteiger partial charge in [0.2, 0.25) is 5.12 Å². The Morgan fingerprint density at radius 2 is 1.37 bits per heavy atom. The molecule has 30 heavy (non-hydrogen) atoms. The third-order valence-corrected chi connectivity index (χ3v) is 5.75. The largest absolute Gasteiger partial charge is 0.350 e. The molecule has 1 atom stereocenters. The number of dihydropyridines is 1. The summed E-state index contributed by atoms with van der Waals surface area (Å²) in [5.74, 6) is 0.869. The van der Waals surface area contributed by atoms with Crippen LogP contribution < -0.4 is 16.0 Å². The normalized spacial score (nSPS) is 17.8. The van der Waals surface area contributed by atoms with Crippen LogP contribution >= 0.6 is 46.4 Å². The van der Waals surface area contributed by atoms with Crippen LogP contribution in [0, 0.1) is 0 Å². The predicted octanol–water partition coefficient (Wildman–Crippen LogP) is 7.19. The number of pyridine rings is 1. The average Bonchev–Trinajstić information content (AvgIpc) is 2.78. The van der Waals surface area contributed by atoms with Crippen LogP contribution in [0.2, 0.25) is 0 Å². The molecule has 4 nitrogen and oxygen atoms in total. The molecule has 0 amide bonds. The summed E-state index contributed by atoms with van der Waals surface area (Å²) in [4.78, 5) is 4.16. The van der Waals surface area contributed by atoms with Crippen molar-refractivity contribution < 1.29 is 0 Å². The average molecular weight is 480 g/mol. The standard InChI is InChI=1S/C11H8Cl4N2.C11H10N2/c12-8-6-16-11(15,10(14)9(8)13)17-7-4-2-1-3-5-7;1-2-6-10(7-3-1)13-11-8-4-5-9-12-11/h1-6,16-17H;1-9H,(H,12,13). The van der Waals surface area contributed by atoms with Gasteiger partial charge < -0.3 is 16.0 Å². The summed E-state index contributed by atoms with van der Waals surface area (Å²) in [6, 6.07) is 25.2. The second kappa shape index (κ2) is 10.6. The van der Waals surface area contributed by atoms with Gasteiger partial charge in [-0.2, -0.15) is 0 Å². The Kier molecular flexibility index (Phi) is 7.88. The molecule has 1 aromatic heterocycles. The zero-order valence-corrected chi connectivity index (χ0v) is 18.6. The van der Waals surface area contributed by atoms with Crippen LogP contribution in [0.15, 0.2) is 106 Å². The molecule has 2 heterocycles. The van der Waals surface area contributed by atoms with E-state index in [9.17, 15) is 0 Å². The number of hydrogen-bond acceptors (Lipinski definition) is 4. The maximum absolute atomic E-state index is 6.32. The van der Waals surface area contributed by atoms with Gasteiger partial charge in [0.25, 0.3) is 0 Å². The van der Waals surface area contributed by atoms with Crippen LogP contribution in [0.5, 0.6) is 0 Å². The third kappa shape index (κ3) is 6.07. The molecule has 0 fully saturated rings. The number of hydrogen-bond donors (Lipinski definition) is 3. The number of benzene rings is 2. The minimum atomic E-state index is -1.18. The van der Waals surface area contributed by atoms with E-state index >= 15 is 0 Å². The Morgan fingerprint density at radius 1 is 0.767 bits per heavy atom. The second-order valence-electron chi connectivity index (χ2n) is 6.12. The van der Waals surface area contributed by atoms with Gasteiger partial charge in [0.05, 0.1) is 15.1 Å². The highest BCUT2D eigenvalue weighted by molar-refractivity contribution is 6.51. The summed E-state index contributed by atoms with van der Waals surface area (Å²) >= 11 is 24.2. The van der Waals surface area contributed by atoms with Gasteiger partial charge in [0.1, 0.15) is 5.82 Å². The Labute approximate surface area is 195 Å². The molecule has 3 N–H and O–H groups in total. The molecular weight excluding hydrogens is 462 g/mol. The molecule has 0 spiro atoms. The van der Waals surface area contributed by atoms with Crippen LogP contribution in [0.4, 0.5) is 17.2 Å². The topological polar surface area (TPSA) is 49.0 Å². The van der Waals surface area contributed by atoms with Crippen molar-refractivity contribution in [3.8, 4) is 0 Å². The maximum Gasteiger partial charge on any atom is 0.225 e. The molecule has 8 heteroatoms. The molecule has 1 aliphatic rings. The van der Waals surface area contributed by atoms with Gasteiger partial charge in [-0.15, -0.1) is 0 Å². The van der Waals surface area contributed by atoms with Crippen molar-refractivity contribution in [1.82, 2.24) is 10.3 Å². The first-order chi connectivity index (χ1) is 14.5. The van der Waals surface area contributed by atoms with Gasteiger partial charge in [-0.05, 0) is 36.4 Å². The number of anilines is 3. The highest BCUT2D eigenvalue weighted by Gasteiger charge is 2.35. The van der Waals surface area contributed by atoms with E-state index in [0.717, 1.165) is 17.2 Å². The number of aromatic nitrogens is 1.